The van der Waals surface area contributed by atoms with E-state index in [4.69, 9.17) is 5.26 Å². The van der Waals surface area contributed by atoms with Gasteiger partial charge in [-0.05, 0) is 44.7 Å². The first kappa shape index (κ1) is 15.8. The molecule has 0 unspecified atom stereocenters. The zero-order valence-electron chi connectivity index (χ0n) is 13.6. The fraction of sp³-hybridized carbons (Fsp3) is 0.556. The summed E-state index contributed by atoms with van der Waals surface area (Å²) in [5.74, 6) is 0.104. The maximum Gasteiger partial charge on any atom is 0.240 e. The lowest BCUT2D eigenvalue weighted by Gasteiger charge is -2.24. The van der Waals surface area contributed by atoms with E-state index in [0.717, 1.165) is 44.5 Å². The highest BCUT2D eigenvalue weighted by Crippen LogP contribution is 2.22. The van der Waals surface area contributed by atoms with Crippen LogP contribution in [0.2, 0.25) is 0 Å². The molecule has 0 radical (unpaired) electrons. The minimum Gasteiger partial charge on any atom is -0.383 e. The molecule has 5 heteroatoms. The van der Waals surface area contributed by atoms with Crippen LogP contribution in [0.15, 0.2) is 24.3 Å². The van der Waals surface area contributed by atoms with Crippen LogP contribution in [0, 0.1) is 18.3 Å². The number of hydrogen-bond donors (Lipinski definition) is 2. The van der Waals surface area contributed by atoms with Crippen molar-refractivity contribution in [2.75, 3.05) is 18.4 Å². The molecule has 122 valence electrons. The summed E-state index contributed by atoms with van der Waals surface area (Å²) in [5, 5.41) is 16.0. The van der Waals surface area contributed by atoms with Crippen molar-refractivity contribution in [3.8, 4) is 6.07 Å². The van der Waals surface area contributed by atoms with Gasteiger partial charge in [0.1, 0.15) is 6.04 Å². The molecule has 5 nitrogen and oxygen atoms in total. The minimum atomic E-state index is -0.228. The van der Waals surface area contributed by atoms with Crippen molar-refractivity contribution in [1.82, 2.24) is 10.2 Å². The number of rotatable bonds is 4. The first-order chi connectivity index (χ1) is 11.2. The van der Waals surface area contributed by atoms with Crippen molar-refractivity contribution < 1.29 is 4.79 Å². The number of likely N-dealkylation sites (tertiary alicyclic amines) is 1. The Morgan fingerprint density at radius 2 is 2.13 bits per heavy atom. The normalized spacial score (nSPS) is 27.0. The Hall–Kier alpha value is -2.06. The Labute approximate surface area is 137 Å². The molecule has 1 aromatic carbocycles. The van der Waals surface area contributed by atoms with Crippen LogP contribution in [-0.2, 0) is 4.79 Å². The molecule has 0 spiro atoms. The Morgan fingerprint density at radius 1 is 1.35 bits per heavy atom. The van der Waals surface area contributed by atoms with Crippen molar-refractivity contribution >= 4 is 11.6 Å². The van der Waals surface area contributed by atoms with E-state index in [-0.39, 0.29) is 18.0 Å². The van der Waals surface area contributed by atoms with Gasteiger partial charge >= 0.3 is 0 Å². The number of nitrogens with zero attached hydrogens (tertiary/aromatic N) is 2. The first-order valence-corrected chi connectivity index (χ1v) is 8.44. The second kappa shape index (κ2) is 7.01. The lowest BCUT2D eigenvalue weighted by Crippen LogP contribution is -2.47. The molecule has 2 aliphatic heterocycles. The van der Waals surface area contributed by atoms with Gasteiger partial charge in [0.15, 0.2) is 0 Å². The minimum absolute atomic E-state index is 0.104. The van der Waals surface area contributed by atoms with E-state index >= 15 is 0 Å². The van der Waals surface area contributed by atoms with Gasteiger partial charge in [-0.3, -0.25) is 4.79 Å². The standard InChI is InChI=1S/C18H24N4O/c1-13-4-6-14(7-5-13)20-12-15-8-9-17(21-15)18(23)22-10-2-3-16(22)11-19/h4-7,15-17,20-21H,2-3,8-10,12H2,1H3/t15-,16+,17+/m1/s1. The molecule has 1 aromatic rings. The molecule has 0 saturated carbocycles. The fourth-order valence-electron chi connectivity index (χ4n) is 3.45. The van der Waals surface area contributed by atoms with Gasteiger partial charge in [0.05, 0.1) is 12.1 Å². The zero-order valence-corrected chi connectivity index (χ0v) is 13.6. The van der Waals surface area contributed by atoms with Crippen molar-refractivity contribution in [3.63, 3.8) is 0 Å². The summed E-state index contributed by atoms with van der Waals surface area (Å²) < 4.78 is 0. The predicted molar refractivity (Wildman–Crippen MR) is 90.0 cm³/mol. The molecule has 0 aliphatic carbocycles. The van der Waals surface area contributed by atoms with Crippen LogP contribution in [0.25, 0.3) is 0 Å². The molecule has 2 heterocycles. The van der Waals surface area contributed by atoms with Gasteiger partial charge in [-0.2, -0.15) is 5.26 Å². The van der Waals surface area contributed by atoms with Crippen molar-refractivity contribution in [2.45, 2.75) is 50.7 Å². The quantitative estimate of drug-likeness (QED) is 0.893. The first-order valence-electron chi connectivity index (χ1n) is 8.44. The molecule has 2 fully saturated rings. The Morgan fingerprint density at radius 3 is 2.87 bits per heavy atom. The molecule has 2 aliphatic rings. The highest BCUT2D eigenvalue weighted by molar-refractivity contribution is 5.83. The summed E-state index contributed by atoms with van der Waals surface area (Å²) in [7, 11) is 0. The molecule has 23 heavy (non-hydrogen) atoms. The van der Waals surface area contributed by atoms with Gasteiger partial charge in [-0.15, -0.1) is 0 Å². The molecule has 3 rings (SSSR count). The number of anilines is 1. The smallest absolute Gasteiger partial charge is 0.240 e. The van der Waals surface area contributed by atoms with Gasteiger partial charge < -0.3 is 15.5 Å². The number of carbonyl (C=O) groups excluding carboxylic acids is 1. The molecule has 0 bridgehead atoms. The summed E-state index contributed by atoms with van der Waals surface area (Å²) in [6.07, 6.45) is 3.59. The summed E-state index contributed by atoms with van der Waals surface area (Å²) in [6, 6.07) is 10.5. The molecule has 0 aromatic heterocycles. The third-order valence-electron chi connectivity index (χ3n) is 4.83. The molecular weight excluding hydrogens is 288 g/mol. The monoisotopic (exact) mass is 312 g/mol. The van der Waals surface area contributed by atoms with Crippen LogP contribution < -0.4 is 10.6 Å². The third-order valence-corrected chi connectivity index (χ3v) is 4.83. The number of benzene rings is 1. The van der Waals surface area contributed by atoms with Gasteiger partial charge in [0, 0.05) is 24.8 Å². The average molecular weight is 312 g/mol. The SMILES string of the molecule is Cc1ccc(NC[C@H]2CC[C@@H](C(=O)N3CCC[C@H]3C#N)N2)cc1. The highest BCUT2D eigenvalue weighted by atomic mass is 16.2. The Balaban J connectivity index is 1.49. The van der Waals surface area contributed by atoms with Crippen LogP contribution in [0.4, 0.5) is 5.69 Å². The fourth-order valence-corrected chi connectivity index (χ4v) is 3.45. The zero-order chi connectivity index (χ0) is 16.2. The molecule has 1 amide bonds. The van der Waals surface area contributed by atoms with E-state index in [0.29, 0.717) is 6.04 Å². The van der Waals surface area contributed by atoms with E-state index in [1.165, 1.54) is 5.56 Å². The number of carbonyl (C=O) groups is 1. The molecule has 3 atom stereocenters. The van der Waals surface area contributed by atoms with E-state index in [1.54, 1.807) is 4.90 Å². The summed E-state index contributed by atoms with van der Waals surface area (Å²) in [5.41, 5.74) is 2.36. The van der Waals surface area contributed by atoms with E-state index in [1.807, 2.05) is 0 Å². The van der Waals surface area contributed by atoms with Crippen LogP contribution in [0.5, 0.6) is 0 Å². The summed E-state index contributed by atoms with van der Waals surface area (Å²) >= 11 is 0. The van der Waals surface area contributed by atoms with Crippen molar-refractivity contribution in [3.05, 3.63) is 29.8 Å². The number of nitriles is 1. The van der Waals surface area contributed by atoms with Crippen LogP contribution in [0.1, 0.15) is 31.2 Å². The van der Waals surface area contributed by atoms with Gasteiger partial charge in [-0.25, -0.2) is 0 Å². The third kappa shape index (κ3) is 3.65. The van der Waals surface area contributed by atoms with Gasteiger partial charge in [0.25, 0.3) is 0 Å². The number of amides is 1. The van der Waals surface area contributed by atoms with Crippen molar-refractivity contribution in [2.24, 2.45) is 0 Å². The van der Waals surface area contributed by atoms with E-state index < -0.39 is 0 Å². The highest BCUT2D eigenvalue weighted by Gasteiger charge is 2.36. The lowest BCUT2D eigenvalue weighted by atomic mass is 10.1. The maximum atomic E-state index is 12.6. The van der Waals surface area contributed by atoms with Gasteiger partial charge in [-0.1, -0.05) is 17.7 Å². The predicted octanol–water partition coefficient (Wildman–Crippen LogP) is 2.04. The van der Waals surface area contributed by atoms with E-state index in [2.05, 4.69) is 47.9 Å². The Kier molecular flexibility index (Phi) is 4.82. The topological polar surface area (TPSA) is 68.2 Å². The average Bonchev–Trinajstić information content (AvgIpc) is 3.23. The molecular formula is C18H24N4O. The Bertz CT molecular complexity index is 592. The largest absolute Gasteiger partial charge is 0.383 e. The molecule has 2 saturated heterocycles. The second-order valence-corrected chi connectivity index (χ2v) is 6.56. The van der Waals surface area contributed by atoms with Crippen LogP contribution in [0.3, 0.4) is 0 Å². The lowest BCUT2D eigenvalue weighted by molar-refractivity contribution is -0.133. The van der Waals surface area contributed by atoms with Crippen LogP contribution in [-0.4, -0.2) is 42.0 Å². The summed E-state index contributed by atoms with van der Waals surface area (Å²) in [6.45, 7) is 3.61. The number of aryl methyl sites for hydroxylation is 1. The number of hydrogen-bond acceptors (Lipinski definition) is 4. The molecule has 2 N–H and O–H groups in total. The van der Waals surface area contributed by atoms with E-state index in [9.17, 15) is 4.79 Å². The number of nitrogens with one attached hydrogen (secondary N) is 2. The van der Waals surface area contributed by atoms with Crippen LogP contribution >= 0.6 is 0 Å². The van der Waals surface area contributed by atoms with Crippen molar-refractivity contribution in [1.29, 1.82) is 5.26 Å². The summed E-state index contributed by atoms with van der Waals surface area (Å²) in [4.78, 5) is 14.3. The van der Waals surface area contributed by atoms with Gasteiger partial charge in [0.2, 0.25) is 5.91 Å². The second-order valence-electron chi connectivity index (χ2n) is 6.56. The maximum absolute atomic E-state index is 12.6.